The summed E-state index contributed by atoms with van der Waals surface area (Å²) in [7, 11) is 7.18. The topological polar surface area (TPSA) is 89.5 Å². The largest absolute Gasteiger partial charge is 0.493 e. The monoisotopic (exact) mass is 594 g/mol. The van der Waals surface area contributed by atoms with Crippen LogP contribution in [0.25, 0.3) is 0 Å². The Morgan fingerprint density at radius 2 is 1.16 bits per heavy atom. The van der Waals surface area contributed by atoms with E-state index < -0.39 is 34.5 Å². The zero-order valence-corrected chi connectivity index (χ0v) is 25.3. The molecule has 1 saturated heterocycles. The molecule has 2 aliphatic rings. The van der Waals surface area contributed by atoms with Crippen LogP contribution in [0.3, 0.4) is 0 Å². The molecule has 0 N–H and O–H groups in total. The number of carbonyl (C=O) groups is 2. The Labute approximate surface area is 256 Å². The maximum Gasteiger partial charge on any atom is 0.327 e. The summed E-state index contributed by atoms with van der Waals surface area (Å²) in [6.45, 7) is 0. The van der Waals surface area contributed by atoms with Crippen molar-refractivity contribution in [3.05, 3.63) is 125 Å². The van der Waals surface area contributed by atoms with Crippen molar-refractivity contribution in [2.45, 2.75) is 23.5 Å². The highest BCUT2D eigenvalue weighted by Crippen LogP contribution is 2.72. The summed E-state index contributed by atoms with van der Waals surface area (Å²) in [6, 6.07) is 30.7. The zero-order valence-electron chi connectivity index (χ0n) is 25.3. The van der Waals surface area contributed by atoms with E-state index >= 15 is 0 Å². The van der Waals surface area contributed by atoms with E-state index in [-0.39, 0.29) is 6.42 Å². The van der Waals surface area contributed by atoms with Gasteiger partial charge in [-0.3, -0.25) is 9.59 Å². The molecule has 1 fully saturated rings. The highest BCUT2D eigenvalue weighted by atomic mass is 16.6. The van der Waals surface area contributed by atoms with E-state index in [0.717, 1.165) is 11.1 Å². The molecular formula is C36H34O8. The van der Waals surface area contributed by atoms with Gasteiger partial charge in [-0.05, 0) is 46.4 Å². The van der Waals surface area contributed by atoms with Crippen molar-refractivity contribution in [3.8, 4) is 17.2 Å². The lowest BCUT2D eigenvalue weighted by Gasteiger charge is -2.54. The number of rotatable bonds is 8. The highest BCUT2D eigenvalue weighted by Gasteiger charge is 2.77. The summed E-state index contributed by atoms with van der Waals surface area (Å²) in [5.41, 5.74) is -1.02. The third-order valence-corrected chi connectivity index (χ3v) is 9.16. The molecule has 3 atom stereocenters. The first-order valence-corrected chi connectivity index (χ1v) is 14.3. The molecule has 2 heterocycles. The van der Waals surface area contributed by atoms with Crippen molar-refractivity contribution in [2.75, 3.05) is 35.5 Å². The number of methoxy groups -OCH3 is 5. The van der Waals surface area contributed by atoms with Gasteiger partial charge in [0, 0.05) is 5.92 Å². The van der Waals surface area contributed by atoms with Gasteiger partial charge in [0.1, 0.15) is 11.2 Å². The molecular weight excluding hydrogens is 560 g/mol. The summed E-state index contributed by atoms with van der Waals surface area (Å²) < 4.78 is 35.6. The fourth-order valence-corrected chi connectivity index (χ4v) is 7.41. The number of carbonyl (C=O) groups excluding carboxylic acids is 2. The van der Waals surface area contributed by atoms with Gasteiger partial charge in [0.05, 0.1) is 35.5 Å². The molecule has 0 unspecified atom stereocenters. The molecule has 44 heavy (non-hydrogen) atoms. The van der Waals surface area contributed by atoms with Crippen molar-refractivity contribution in [1.82, 2.24) is 0 Å². The fraction of sp³-hybridized carbons (Fsp3) is 0.278. The number of hydrogen-bond acceptors (Lipinski definition) is 8. The first-order valence-electron chi connectivity index (χ1n) is 14.3. The summed E-state index contributed by atoms with van der Waals surface area (Å²) >= 11 is 0. The number of ether oxygens (including phenoxy) is 6. The van der Waals surface area contributed by atoms with Gasteiger partial charge >= 0.3 is 11.9 Å². The number of fused-ring (bicyclic) bond motifs is 5. The molecule has 8 heteroatoms. The molecule has 0 aromatic heterocycles. The van der Waals surface area contributed by atoms with E-state index in [9.17, 15) is 9.59 Å². The van der Waals surface area contributed by atoms with Gasteiger partial charge in [-0.15, -0.1) is 0 Å². The van der Waals surface area contributed by atoms with Crippen molar-refractivity contribution in [1.29, 1.82) is 0 Å². The Hall–Kier alpha value is -4.82. The quantitative estimate of drug-likeness (QED) is 0.188. The van der Waals surface area contributed by atoms with Crippen LogP contribution in [0.4, 0.5) is 0 Å². The molecule has 0 saturated carbocycles. The van der Waals surface area contributed by atoms with E-state index in [1.807, 2.05) is 97.1 Å². The molecule has 6 rings (SSSR count). The molecule has 2 aliphatic heterocycles. The predicted octanol–water partition coefficient (Wildman–Crippen LogP) is 5.75. The molecule has 226 valence electrons. The predicted molar refractivity (Wildman–Crippen MR) is 162 cm³/mol. The molecule has 0 aliphatic carbocycles. The normalized spacial score (nSPS) is 22.8. The first kappa shape index (κ1) is 29.3. The highest BCUT2D eigenvalue weighted by molar-refractivity contribution is 6.03. The van der Waals surface area contributed by atoms with E-state index in [2.05, 4.69) is 0 Å². The second kappa shape index (κ2) is 11.0. The zero-order chi connectivity index (χ0) is 31.1. The first-order chi connectivity index (χ1) is 21.4. The van der Waals surface area contributed by atoms with Crippen LogP contribution in [0, 0.1) is 5.41 Å². The Balaban J connectivity index is 1.80. The smallest absolute Gasteiger partial charge is 0.327 e. The van der Waals surface area contributed by atoms with E-state index in [0.29, 0.717) is 33.9 Å². The van der Waals surface area contributed by atoms with Crippen molar-refractivity contribution < 1.29 is 38.0 Å². The van der Waals surface area contributed by atoms with Crippen LogP contribution in [0.5, 0.6) is 17.2 Å². The lowest BCUT2D eigenvalue weighted by Crippen LogP contribution is -2.63. The van der Waals surface area contributed by atoms with Crippen LogP contribution in [0.2, 0.25) is 0 Å². The minimum atomic E-state index is -1.95. The number of benzene rings is 4. The van der Waals surface area contributed by atoms with E-state index in [1.54, 1.807) is 14.2 Å². The van der Waals surface area contributed by atoms with Gasteiger partial charge in [0.2, 0.25) is 11.2 Å². The van der Waals surface area contributed by atoms with Crippen molar-refractivity contribution in [2.24, 2.45) is 5.41 Å². The summed E-state index contributed by atoms with van der Waals surface area (Å²) in [5.74, 6) is -0.886. The second-order valence-corrected chi connectivity index (χ2v) is 10.9. The Kier molecular flexibility index (Phi) is 7.33. The van der Waals surface area contributed by atoms with Crippen molar-refractivity contribution >= 4 is 11.9 Å². The fourth-order valence-electron chi connectivity index (χ4n) is 7.41. The average molecular weight is 595 g/mol. The number of esters is 2. The molecule has 4 aromatic rings. The molecule has 0 amide bonds. The second-order valence-electron chi connectivity index (χ2n) is 10.9. The van der Waals surface area contributed by atoms with Crippen LogP contribution in [-0.2, 0) is 35.0 Å². The lowest BCUT2D eigenvalue weighted by molar-refractivity contribution is -0.235. The third-order valence-electron chi connectivity index (χ3n) is 9.16. The maximum atomic E-state index is 14.4. The molecule has 0 spiro atoms. The summed E-state index contributed by atoms with van der Waals surface area (Å²) in [5, 5.41) is 0. The van der Waals surface area contributed by atoms with Gasteiger partial charge in [-0.1, -0.05) is 84.9 Å². The Morgan fingerprint density at radius 1 is 0.659 bits per heavy atom. The molecule has 2 bridgehead atoms. The lowest BCUT2D eigenvalue weighted by atomic mass is 9.59. The molecule has 4 aromatic carbocycles. The third kappa shape index (κ3) is 3.73. The minimum Gasteiger partial charge on any atom is -0.493 e. The maximum absolute atomic E-state index is 14.4. The molecule has 0 radical (unpaired) electrons. The van der Waals surface area contributed by atoms with Crippen LogP contribution < -0.4 is 14.2 Å². The summed E-state index contributed by atoms with van der Waals surface area (Å²) in [4.78, 5) is 28.7. The van der Waals surface area contributed by atoms with Crippen LogP contribution in [0.15, 0.2) is 97.1 Å². The van der Waals surface area contributed by atoms with E-state index in [4.69, 9.17) is 28.4 Å². The van der Waals surface area contributed by atoms with Crippen LogP contribution >= 0.6 is 0 Å². The van der Waals surface area contributed by atoms with Gasteiger partial charge in [-0.2, -0.15) is 0 Å². The SMILES string of the molecule is COC(=O)C1(C(=O)OC)C[C@@H](c2cc(OC)c(OC)c(OC)c2)[C@@]2(c3ccccc3)O[C@]1(c1ccccc1)c1ccccc12. The van der Waals surface area contributed by atoms with Gasteiger partial charge in [-0.25, -0.2) is 0 Å². The summed E-state index contributed by atoms with van der Waals surface area (Å²) in [6.07, 6.45) is -0.0244. The minimum absolute atomic E-state index is 0.0244. The van der Waals surface area contributed by atoms with Crippen molar-refractivity contribution in [3.63, 3.8) is 0 Å². The van der Waals surface area contributed by atoms with Crippen LogP contribution in [-0.4, -0.2) is 47.5 Å². The molecule has 8 nitrogen and oxygen atoms in total. The Bertz CT molecular complexity index is 1660. The standard InChI is InChI=1S/C36H34O8/c1-39-29-20-23(21-30(40-2)31(29)41-3)28-22-34(32(37)42-4,33(38)43-5)36(25-16-10-7-11-17-25)27-19-13-12-18-26(27)35(28,44-36)24-14-8-6-9-15-24/h6-21,28H,22H2,1-5H3/t28-,35-,36+/m0/s1. The van der Waals surface area contributed by atoms with Gasteiger partial charge in [0.15, 0.2) is 11.5 Å². The van der Waals surface area contributed by atoms with Gasteiger partial charge < -0.3 is 28.4 Å². The number of hydrogen-bond donors (Lipinski definition) is 0. The van der Waals surface area contributed by atoms with E-state index in [1.165, 1.54) is 21.3 Å². The van der Waals surface area contributed by atoms with Gasteiger partial charge in [0.25, 0.3) is 0 Å². The average Bonchev–Trinajstić information content (AvgIpc) is 3.37. The van der Waals surface area contributed by atoms with Crippen LogP contribution in [0.1, 0.15) is 40.2 Å². The Morgan fingerprint density at radius 3 is 1.66 bits per heavy atom.